The predicted molar refractivity (Wildman–Crippen MR) is 100 cm³/mol. The largest absolute Gasteiger partial charge is 0.469 e. The minimum Gasteiger partial charge on any atom is -0.469 e. The van der Waals surface area contributed by atoms with Gasteiger partial charge in [-0.2, -0.15) is 0 Å². The van der Waals surface area contributed by atoms with Gasteiger partial charge in [0.1, 0.15) is 0 Å². The van der Waals surface area contributed by atoms with E-state index in [0.717, 1.165) is 12.8 Å². The highest BCUT2D eigenvalue weighted by Crippen LogP contribution is 2.61. The molecular weight excluding hydrogens is 368 g/mol. The summed E-state index contributed by atoms with van der Waals surface area (Å²) >= 11 is 0. The van der Waals surface area contributed by atoms with Crippen LogP contribution in [0.25, 0.3) is 0 Å². The van der Waals surface area contributed by atoms with Crippen molar-refractivity contribution in [3.63, 3.8) is 0 Å². The SMILES string of the molecule is COC(=O)C1CCC2CC(CC(CO)(CO)CO)(CC(CO)(CO)CO)CC21. The Hall–Kier alpha value is -0.770. The van der Waals surface area contributed by atoms with Crippen LogP contribution in [0.3, 0.4) is 0 Å². The lowest BCUT2D eigenvalue weighted by molar-refractivity contribution is -0.147. The van der Waals surface area contributed by atoms with Crippen LogP contribution in [-0.4, -0.2) is 83.4 Å². The number of esters is 1. The molecule has 164 valence electrons. The molecule has 2 aliphatic rings. The predicted octanol–water partition coefficient (Wildman–Crippen LogP) is -0.711. The fraction of sp³-hybridized carbons (Fsp3) is 0.950. The molecule has 0 aliphatic heterocycles. The maximum absolute atomic E-state index is 12.2. The van der Waals surface area contributed by atoms with Crippen LogP contribution >= 0.6 is 0 Å². The number of aliphatic hydroxyl groups is 6. The molecule has 3 unspecified atom stereocenters. The Morgan fingerprint density at radius 2 is 1.32 bits per heavy atom. The van der Waals surface area contributed by atoms with Crippen molar-refractivity contribution in [2.75, 3.05) is 46.8 Å². The fourth-order valence-corrected chi connectivity index (χ4v) is 5.87. The molecule has 0 aromatic carbocycles. The van der Waals surface area contributed by atoms with E-state index < -0.39 is 55.9 Å². The number of aliphatic hydroxyl groups excluding tert-OH is 6. The number of hydrogen-bond donors (Lipinski definition) is 6. The molecule has 0 heterocycles. The minimum absolute atomic E-state index is 0.0787. The lowest BCUT2D eigenvalue weighted by Gasteiger charge is -2.44. The number of carbonyl (C=O) groups is 1. The zero-order valence-electron chi connectivity index (χ0n) is 16.7. The first kappa shape index (κ1) is 23.5. The molecule has 3 atom stereocenters. The quantitative estimate of drug-likeness (QED) is 0.247. The molecule has 2 saturated carbocycles. The zero-order valence-corrected chi connectivity index (χ0v) is 16.7. The number of methoxy groups -OCH3 is 1. The van der Waals surface area contributed by atoms with Crippen molar-refractivity contribution in [1.82, 2.24) is 0 Å². The molecule has 0 saturated heterocycles. The van der Waals surface area contributed by atoms with Gasteiger partial charge in [0.15, 0.2) is 0 Å². The number of hydrogen-bond acceptors (Lipinski definition) is 8. The van der Waals surface area contributed by atoms with Crippen LogP contribution in [-0.2, 0) is 9.53 Å². The average Bonchev–Trinajstić information content (AvgIpc) is 3.27. The first-order valence-corrected chi connectivity index (χ1v) is 10.0. The summed E-state index contributed by atoms with van der Waals surface area (Å²) in [6.45, 7) is -2.41. The van der Waals surface area contributed by atoms with Crippen molar-refractivity contribution < 1.29 is 40.2 Å². The second kappa shape index (κ2) is 9.36. The highest BCUT2D eigenvalue weighted by molar-refractivity contribution is 5.73. The average molecular weight is 405 g/mol. The van der Waals surface area contributed by atoms with E-state index in [-0.39, 0.29) is 36.6 Å². The van der Waals surface area contributed by atoms with Gasteiger partial charge in [-0.1, -0.05) is 0 Å². The second-order valence-corrected chi connectivity index (χ2v) is 9.34. The normalized spacial score (nSPS) is 27.0. The third kappa shape index (κ3) is 4.37. The van der Waals surface area contributed by atoms with Crippen molar-refractivity contribution in [2.45, 2.75) is 38.5 Å². The van der Waals surface area contributed by atoms with E-state index in [0.29, 0.717) is 12.8 Å². The van der Waals surface area contributed by atoms with Crippen LogP contribution in [0.4, 0.5) is 0 Å². The molecule has 2 fully saturated rings. The highest BCUT2D eigenvalue weighted by atomic mass is 16.5. The zero-order chi connectivity index (χ0) is 21.0. The van der Waals surface area contributed by atoms with E-state index in [2.05, 4.69) is 0 Å². The third-order valence-electron chi connectivity index (χ3n) is 7.35. The number of ether oxygens (including phenoxy) is 1. The maximum atomic E-state index is 12.2. The van der Waals surface area contributed by atoms with Gasteiger partial charge in [0, 0.05) is 10.8 Å². The molecule has 0 aromatic rings. The summed E-state index contributed by atoms with van der Waals surface area (Å²) in [5.74, 6) is -0.115. The number of carbonyl (C=O) groups excluding carboxylic acids is 1. The summed E-state index contributed by atoms with van der Waals surface area (Å²) in [6.07, 6.45) is 3.48. The van der Waals surface area contributed by atoms with Crippen LogP contribution in [0, 0.1) is 34.0 Å². The van der Waals surface area contributed by atoms with Crippen molar-refractivity contribution in [3.05, 3.63) is 0 Å². The molecule has 0 aromatic heterocycles. The van der Waals surface area contributed by atoms with Gasteiger partial charge in [0.05, 0.1) is 52.7 Å². The molecule has 8 heteroatoms. The van der Waals surface area contributed by atoms with E-state index in [9.17, 15) is 35.4 Å². The summed E-state index contributed by atoms with van der Waals surface area (Å²) < 4.78 is 4.96. The van der Waals surface area contributed by atoms with E-state index in [1.54, 1.807) is 0 Å². The van der Waals surface area contributed by atoms with Gasteiger partial charge in [0.25, 0.3) is 0 Å². The van der Waals surface area contributed by atoms with Gasteiger partial charge in [-0.05, 0) is 55.8 Å². The van der Waals surface area contributed by atoms with E-state index >= 15 is 0 Å². The molecule has 28 heavy (non-hydrogen) atoms. The van der Waals surface area contributed by atoms with E-state index in [1.807, 2.05) is 0 Å². The van der Waals surface area contributed by atoms with Crippen LogP contribution in [0.1, 0.15) is 38.5 Å². The Bertz CT molecular complexity index is 476. The third-order valence-corrected chi connectivity index (χ3v) is 7.35. The molecule has 0 amide bonds. The molecule has 8 nitrogen and oxygen atoms in total. The molecular formula is C20H36O8. The molecule has 0 radical (unpaired) electrons. The molecule has 0 bridgehead atoms. The van der Waals surface area contributed by atoms with Crippen LogP contribution in [0.15, 0.2) is 0 Å². The Balaban J connectivity index is 2.37. The van der Waals surface area contributed by atoms with Crippen LogP contribution in [0.5, 0.6) is 0 Å². The fourth-order valence-electron chi connectivity index (χ4n) is 5.87. The summed E-state index contributed by atoms with van der Waals surface area (Å²) in [4.78, 5) is 12.2. The Kier molecular flexibility index (Phi) is 7.86. The molecule has 0 spiro atoms. The maximum Gasteiger partial charge on any atom is 0.308 e. The summed E-state index contributed by atoms with van der Waals surface area (Å²) in [7, 11) is 1.38. The Labute approximate surface area is 166 Å². The lowest BCUT2D eigenvalue weighted by Crippen LogP contribution is -2.45. The Morgan fingerprint density at radius 1 is 0.857 bits per heavy atom. The van der Waals surface area contributed by atoms with Gasteiger partial charge in [0.2, 0.25) is 0 Å². The number of rotatable bonds is 11. The smallest absolute Gasteiger partial charge is 0.308 e. The monoisotopic (exact) mass is 404 g/mol. The first-order valence-electron chi connectivity index (χ1n) is 10.0. The van der Waals surface area contributed by atoms with E-state index in [4.69, 9.17) is 4.74 Å². The van der Waals surface area contributed by atoms with Gasteiger partial charge in [-0.3, -0.25) is 4.79 Å². The van der Waals surface area contributed by atoms with Crippen molar-refractivity contribution in [1.29, 1.82) is 0 Å². The number of fused-ring (bicyclic) bond motifs is 1. The molecule has 2 rings (SSSR count). The second-order valence-electron chi connectivity index (χ2n) is 9.34. The van der Waals surface area contributed by atoms with Gasteiger partial charge in [-0.15, -0.1) is 0 Å². The van der Waals surface area contributed by atoms with Crippen molar-refractivity contribution >= 4 is 5.97 Å². The minimum atomic E-state index is -1.11. The van der Waals surface area contributed by atoms with Gasteiger partial charge >= 0.3 is 5.97 Å². The summed E-state index contributed by atoms with van der Waals surface area (Å²) in [5, 5.41) is 59.2. The van der Waals surface area contributed by atoms with Crippen molar-refractivity contribution in [2.24, 2.45) is 34.0 Å². The van der Waals surface area contributed by atoms with E-state index in [1.165, 1.54) is 7.11 Å². The highest BCUT2D eigenvalue weighted by Gasteiger charge is 2.56. The lowest BCUT2D eigenvalue weighted by atomic mass is 9.62. The summed E-state index contributed by atoms with van der Waals surface area (Å²) in [6, 6.07) is 0. The van der Waals surface area contributed by atoms with Crippen LogP contribution in [0.2, 0.25) is 0 Å². The Morgan fingerprint density at radius 3 is 1.71 bits per heavy atom. The van der Waals surface area contributed by atoms with Gasteiger partial charge in [-0.25, -0.2) is 0 Å². The van der Waals surface area contributed by atoms with Crippen molar-refractivity contribution in [3.8, 4) is 0 Å². The topological polar surface area (TPSA) is 148 Å². The standard InChI is InChI=1S/C20H36O8/c1-28-17(27)15-3-2-14-4-18(5-16(14)15,6-19(8-21,9-22)10-23)7-20(11-24,12-25)13-26/h14-16,21-26H,2-13H2,1H3. The van der Waals surface area contributed by atoms with Crippen LogP contribution < -0.4 is 0 Å². The molecule has 6 N–H and O–H groups in total. The van der Waals surface area contributed by atoms with Gasteiger partial charge < -0.3 is 35.4 Å². The summed E-state index contributed by atoms with van der Waals surface area (Å²) in [5.41, 5.74) is -2.75. The molecule has 2 aliphatic carbocycles. The first-order chi connectivity index (χ1) is 13.3.